The van der Waals surface area contributed by atoms with E-state index in [4.69, 9.17) is 16.3 Å². The Morgan fingerprint density at radius 3 is 2.37 bits per heavy atom. The molecule has 2 aromatic heterocycles. The summed E-state index contributed by atoms with van der Waals surface area (Å²) in [7, 11) is 0. The summed E-state index contributed by atoms with van der Waals surface area (Å²) in [5, 5.41) is 11.4. The summed E-state index contributed by atoms with van der Waals surface area (Å²) in [6.07, 6.45) is 1.83. The molecule has 2 heterocycles. The minimum Gasteiger partial charge on any atom is -0.484 e. The van der Waals surface area contributed by atoms with Crippen molar-refractivity contribution >= 4 is 28.9 Å². The third-order valence-electron chi connectivity index (χ3n) is 4.42. The fourth-order valence-electron chi connectivity index (χ4n) is 2.86. The predicted molar refractivity (Wildman–Crippen MR) is 112 cm³/mol. The number of ether oxygens (including phenoxy) is 1. The fraction of sp³-hybridized carbons (Fsp3) is 0.0909. The Morgan fingerprint density at radius 1 is 0.933 bits per heavy atom. The molecular weight excluding hydrogens is 404 g/mol. The number of hydrogen-bond donors (Lipinski definition) is 1. The van der Waals surface area contributed by atoms with E-state index in [1.807, 2.05) is 24.4 Å². The van der Waals surface area contributed by atoms with Crippen LogP contribution in [0.3, 0.4) is 0 Å². The van der Waals surface area contributed by atoms with Gasteiger partial charge in [-0.1, -0.05) is 17.7 Å². The van der Waals surface area contributed by atoms with Crippen molar-refractivity contribution in [1.29, 1.82) is 0 Å². The maximum absolute atomic E-state index is 12.5. The van der Waals surface area contributed by atoms with Crippen molar-refractivity contribution in [3.8, 4) is 5.75 Å². The van der Waals surface area contributed by atoms with Crippen molar-refractivity contribution in [3.05, 3.63) is 94.9 Å². The Labute approximate surface area is 177 Å². The Bertz CT molecular complexity index is 1190. The fourth-order valence-corrected chi connectivity index (χ4v) is 2.99. The second-order valence-corrected chi connectivity index (χ2v) is 6.91. The molecule has 0 radical (unpaired) electrons. The van der Waals surface area contributed by atoms with Crippen LogP contribution in [0.5, 0.6) is 5.75 Å². The van der Waals surface area contributed by atoms with Crippen molar-refractivity contribution in [3.63, 3.8) is 0 Å². The van der Waals surface area contributed by atoms with Gasteiger partial charge in [0.1, 0.15) is 5.75 Å². The topological polar surface area (TPSA) is 85.6 Å². The minimum absolute atomic E-state index is 0.114. The van der Waals surface area contributed by atoms with Crippen LogP contribution in [0.2, 0.25) is 5.02 Å². The Morgan fingerprint density at radius 2 is 1.63 bits per heavy atom. The molecule has 7 nitrogen and oxygen atoms in total. The first-order valence-electron chi connectivity index (χ1n) is 9.18. The number of amides is 1. The molecule has 0 aliphatic heterocycles. The van der Waals surface area contributed by atoms with Crippen LogP contribution in [-0.2, 0) is 11.3 Å². The van der Waals surface area contributed by atoms with Crippen molar-refractivity contribution in [2.75, 3.05) is 6.61 Å². The van der Waals surface area contributed by atoms with E-state index in [9.17, 15) is 9.59 Å². The Kier molecular flexibility index (Phi) is 5.72. The average Bonchev–Trinajstić information content (AvgIpc) is 3.20. The van der Waals surface area contributed by atoms with Gasteiger partial charge < -0.3 is 10.1 Å². The predicted octanol–water partition coefficient (Wildman–Crippen LogP) is 3.31. The van der Waals surface area contributed by atoms with Crippen LogP contribution >= 0.6 is 11.6 Å². The second kappa shape index (κ2) is 8.75. The van der Waals surface area contributed by atoms with Crippen LogP contribution < -0.4 is 10.1 Å². The molecule has 1 N–H and O–H groups in total. The lowest BCUT2D eigenvalue weighted by molar-refractivity contribution is -0.123. The highest BCUT2D eigenvalue weighted by atomic mass is 35.5. The van der Waals surface area contributed by atoms with Crippen molar-refractivity contribution < 1.29 is 14.3 Å². The molecule has 0 saturated carbocycles. The number of benzene rings is 2. The molecule has 2 aromatic carbocycles. The summed E-state index contributed by atoms with van der Waals surface area (Å²) in [5.41, 5.74) is 1.78. The number of nitrogens with one attached hydrogen (secondary N) is 1. The monoisotopic (exact) mass is 420 g/mol. The van der Waals surface area contributed by atoms with Gasteiger partial charge in [-0.15, -0.1) is 10.2 Å². The van der Waals surface area contributed by atoms with Gasteiger partial charge in [0.15, 0.2) is 23.9 Å². The lowest BCUT2D eigenvalue weighted by Crippen LogP contribution is -2.29. The molecule has 0 unspecified atom stereocenters. The number of fused-ring (bicyclic) bond motifs is 1. The highest BCUT2D eigenvalue weighted by Crippen LogP contribution is 2.17. The van der Waals surface area contributed by atoms with Crippen LogP contribution in [0.25, 0.3) is 5.65 Å². The van der Waals surface area contributed by atoms with E-state index in [-0.39, 0.29) is 24.8 Å². The molecule has 0 aliphatic carbocycles. The molecule has 4 rings (SSSR count). The maximum atomic E-state index is 12.5. The third-order valence-corrected chi connectivity index (χ3v) is 4.67. The maximum Gasteiger partial charge on any atom is 0.258 e. The molecule has 8 heteroatoms. The van der Waals surface area contributed by atoms with Gasteiger partial charge in [0.05, 0.1) is 6.54 Å². The van der Waals surface area contributed by atoms with E-state index >= 15 is 0 Å². The number of pyridine rings is 1. The minimum atomic E-state index is -0.288. The largest absolute Gasteiger partial charge is 0.484 e. The summed E-state index contributed by atoms with van der Waals surface area (Å²) >= 11 is 5.85. The SMILES string of the molecule is O=C(COc1ccc(C(=O)c2ccc(Cl)cc2)cc1)NCc1nnc2ccccn12. The number of ketones is 1. The molecule has 0 spiro atoms. The highest BCUT2D eigenvalue weighted by molar-refractivity contribution is 6.30. The van der Waals surface area contributed by atoms with E-state index in [2.05, 4.69) is 15.5 Å². The summed E-state index contributed by atoms with van der Waals surface area (Å²) in [4.78, 5) is 24.5. The smallest absolute Gasteiger partial charge is 0.258 e. The van der Waals surface area contributed by atoms with E-state index in [1.54, 1.807) is 52.9 Å². The number of nitrogens with zero attached hydrogens (tertiary/aromatic N) is 3. The summed E-state index contributed by atoms with van der Waals surface area (Å²) in [6, 6.07) is 18.9. The van der Waals surface area contributed by atoms with Gasteiger partial charge in [-0.3, -0.25) is 14.0 Å². The number of rotatable bonds is 7. The molecule has 0 fully saturated rings. The zero-order chi connectivity index (χ0) is 20.9. The zero-order valence-corrected chi connectivity index (χ0v) is 16.5. The molecule has 0 aliphatic rings. The van der Waals surface area contributed by atoms with Crippen LogP contribution in [0.1, 0.15) is 21.7 Å². The standard InChI is InChI=1S/C22H17ClN4O3/c23-17-8-4-15(5-9-17)22(29)16-6-10-18(11-7-16)30-14-21(28)24-13-20-26-25-19-3-1-2-12-27(19)20/h1-12H,13-14H2,(H,24,28). The second-order valence-electron chi connectivity index (χ2n) is 6.47. The van der Waals surface area contributed by atoms with Crippen LogP contribution in [0, 0.1) is 0 Å². The first-order chi connectivity index (χ1) is 14.6. The van der Waals surface area contributed by atoms with Gasteiger partial charge in [-0.2, -0.15) is 0 Å². The Balaban J connectivity index is 1.30. The van der Waals surface area contributed by atoms with Gasteiger partial charge in [-0.25, -0.2) is 0 Å². The van der Waals surface area contributed by atoms with Crippen molar-refractivity contribution in [1.82, 2.24) is 19.9 Å². The van der Waals surface area contributed by atoms with Crippen LogP contribution in [-0.4, -0.2) is 32.9 Å². The molecule has 0 atom stereocenters. The first-order valence-corrected chi connectivity index (χ1v) is 9.56. The molecule has 0 saturated heterocycles. The summed E-state index contributed by atoms with van der Waals surface area (Å²) in [6.45, 7) is 0.0864. The molecule has 0 bridgehead atoms. The third kappa shape index (κ3) is 4.47. The zero-order valence-electron chi connectivity index (χ0n) is 15.8. The quantitative estimate of drug-likeness (QED) is 0.463. The van der Waals surface area contributed by atoms with E-state index in [0.717, 1.165) is 0 Å². The first kappa shape index (κ1) is 19.6. The van der Waals surface area contributed by atoms with Gasteiger partial charge >= 0.3 is 0 Å². The van der Waals surface area contributed by atoms with Crippen LogP contribution in [0.4, 0.5) is 0 Å². The highest BCUT2D eigenvalue weighted by Gasteiger charge is 2.10. The van der Waals surface area contributed by atoms with Gasteiger partial charge in [0.2, 0.25) is 0 Å². The average molecular weight is 421 g/mol. The molecule has 30 heavy (non-hydrogen) atoms. The molecule has 1 amide bonds. The van der Waals surface area contributed by atoms with Crippen molar-refractivity contribution in [2.45, 2.75) is 6.54 Å². The molecular formula is C22H17ClN4O3. The normalized spacial score (nSPS) is 10.7. The van der Waals surface area contributed by atoms with E-state index in [1.165, 1.54) is 0 Å². The van der Waals surface area contributed by atoms with E-state index in [0.29, 0.717) is 33.4 Å². The Hall–Kier alpha value is -3.71. The van der Waals surface area contributed by atoms with Crippen LogP contribution in [0.15, 0.2) is 72.9 Å². The lowest BCUT2D eigenvalue weighted by atomic mass is 10.0. The van der Waals surface area contributed by atoms with Gasteiger partial charge in [-0.05, 0) is 60.7 Å². The van der Waals surface area contributed by atoms with Crippen molar-refractivity contribution in [2.24, 2.45) is 0 Å². The summed E-state index contributed by atoms with van der Waals surface area (Å²) < 4.78 is 7.30. The number of hydrogen-bond acceptors (Lipinski definition) is 5. The van der Waals surface area contributed by atoms with Gasteiger partial charge in [0, 0.05) is 22.3 Å². The number of halogens is 1. The molecule has 4 aromatic rings. The molecule has 150 valence electrons. The number of carbonyl (C=O) groups excluding carboxylic acids is 2. The van der Waals surface area contributed by atoms with Gasteiger partial charge in [0.25, 0.3) is 5.91 Å². The number of carbonyl (C=O) groups is 2. The lowest BCUT2D eigenvalue weighted by Gasteiger charge is -2.08. The summed E-state index contributed by atoms with van der Waals surface area (Å²) in [5.74, 6) is 0.718. The van der Waals surface area contributed by atoms with E-state index < -0.39 is 0 Å². The number of aromatic nitrogens is 3.